The van der Waals surface area contributed by atoms with Crippen LogP contribution in [0.1, 0.15) is 18.4 Å². The molecule has 1 fully saturated rings. The number of nitrogens with zero attached hydrogens (tertiary/aromatic N) is 1. The Labute approximate surface area is 107 Å². The third-order valence-electron chi connectivity index (χ3n) is 2.68. The van der Waals surface area contributed by atoms with Crippen LogP contribution in [0.4, 0.5) is 4.39 Å². The van der Waals surface area contributed by atoms with E-state index in [4.69, 9.17) is 0 Å². The van der Waals surface area contributed by atoms with Crippen LogP contribution in [0.3, 0.4) is 0 Å². The van der Waals surface area contributed by atoms with Gasteiger partial charge in [-0.3, -0.25) is 4.79 Å². The Kier molecular flexibility index (Phi) is 4.06. The third-order valence-corrected chi connectivity index (χ3v) is 3.12. The first-order chi connectivity index (χ1) is 8.15. The summed E-state index contributed by atoms with van der Waals surface area (Å²) < 4.78 is 13.9. The molecule has 6 heteroatoms. The van der Waals surface area contributed by atoms with E-state index < -0.39 is 5.95 Å². The smallest absolute Gasteiger partial charge is 0.220 e. The van der Waals surface area contributed by atoms with Crippen molar-refractivity contribution in [2.75, 3.05) is 6.54 Å². The fourth-order valence-electron chi connectivity index (χ4n) is 1.78. The van der Waals surface area contributed by atoms with Crippen molar-refractivity contribution >= 4 is 21.8 Å². The summed E-state index contributed by atoms with van der Waals surface area (Å²) in [6, 6.07) is 3.55. The molecule has 0 unspecified atom stereocenters. The second kappa shape index (κ2) is 5.55. The van der Waals surface area contributed by atoms with Gasteiger partial charge in [0.1, 0.15) is 4.60 Å². The average molecular weight is 302 g/mol. The SMILES string of the molecule is O=C1CC[C@@H](CNCc2ccc(Br)nc2F)N1. The normalized spacial score (nSPS) is 19.4. The lowest BCUT2D eigenvalue weighted by Gasteiger charge is -2.11. The molecule has 0 aromatic carbocycles. The summed E-state index contributed by atoms with van der Waals surface area (Å²) in [5.74, 6) is -0.379. The molecule has 0 spiro atoms. The van der Waals surface area contributed by atoms with E-state index in [1.165, 1.54) is 0 Å². The van der Waals surface area contributed by atoms with Gasteiger partial charge >= 0.3 is 0 Å². The van der Waals surface area contributed by atoms with Crippen LogP contribution >= 0.6 is 15.9 Å². The van der Waals surface area contributed by atoms with Gasteiger partial charge < -0.3 is 10.6 Å². The Hall–Kier alpha value is -1.01. The van der Waals surface area contributed by atoms with Crippen molar-refractivity contribution in [3.05, 3.63) is 28.2 Å². The lowest BCUT2D eigenvalue weighted by atomic mass is 10.2. The number of carbonyl (C=O) groups excluding carboxylic acids is 1. The predicted octanol–water partition coefficient (Wildman–Crippen LogP) is 1.35. The number of aromatic nitrogens is 1. The van der Waals surface area contributed by atoms with Gasteiger partial charge in [-0.05, 0) is 28.4 Å². The summed E-state index contributed by atoms with van der Waals surface area (Å²) in [5.41, 5.74) is 0.525. The van der Waals surface area contributed by atoms with Crippen LogP contribution in [-0.2, 0) is 11.3 Å². The molecule has 1 aromatic rings. The summed E-state index contributed by atoms with van der Waals surface area (Å²) in [6.45, 7) is 1.07. The second-order valence-electron chi connectivity index (χ2n) is 4.02. The zero-order valence-corrected chi connectivity index (χ0v) is 10.8. The van der Waals surface area contributed by atoms with Crippen LogP contribution in [-0.4, -0.2) is 23.5 Å². The molecule has 1 atom stereocenters. The fraction of sp³-hybridized carbons (Fsp3) is 0.455. The highest BCUT2D eigenvalue weighted by molar-refractivity contribution is 9.10. The number of nitrogens with one attached hydrogen (secondary N) is 2. The molecule has 0 aliphatic carbocycles. The lowest BCUT2D eigenvalue weighted by Crippen LogP contribution is -2.35. The summed E-state index contributed by atoms with van der Waals surface area (Å²) in [6.07, 6.45) is 1.42. The van der Waals surface area contributed by atoms with E-state index in [1.54, 1.807) is 12.1 Å². The van der Waals surface area contributed by atoms with Crippen molar-refractivity contribution in [3.8, 4) is 0 Å². The van der Waals surface area contributed by atoms with Gasteiger partial charge in [0.2, 0.25) is 11.9 Å². The first-order valence-electron chi connectivity index (χ1n) is 5.46. The van der Waals surface area contributed by atoms with E-state index >= 15 is 0 Å². The molecule has 1 aliphatic rings. The van der Waals surface area contributed by atoms with E-state index in [-0.39, 0.29) is 11.9 Å². The standard InChI is InChI=1S/C11H13BrFN3O/c12-9-3-1-7(11(13)16-9)5-14-6-8-2-4-10(17)15-8/h1,3,8,14H,2,4-6H2,(H,15,17)/t8-/m0/s1. The van der Waals surface area contributed by atoms with E-state index in [0.29, 0.717) is 29.7 Å². The fourth-order valence-corrected chi connectivity index (χ4v) is 2.07. The van der Waals surface area contributed by atoms with Gasteiger partial charge in [0.05, 0.1) is 0 Å². The molecule has 17 heavy (non-hydrogen) atoms. The van der Waals surface area contributed by atoms with Gasteiger partial charge in [-0.2, -0.15) is 4.39 Å². The maximum atomic E-state index is 13.4. The molecule has 2 rings (SSSR count). The van der Waals surface area contributed by atoms with Crippen molar-refractivity contribution in [2.24, 2.45) is 0 Å². The Bertz CT molecular complexity index is 427. The van der Waals surface area contributed by atoms with Crippen molar-refractivity contribution in [1.82, 2.24) is 15.6 Å². The molecule has 2 N–H and O–H groups in total. The summed E-state index contributed by atoms with van der Waals surface area (Å²) in [5, 5.41) is 5.96. The molecular weight excluding hydrogens is 289 g/mol. The molecule has 1 saturated heterocycles. The van der Waals surface area contributed by atoms with Crippen molar-refractivity contribution in [2.45, 2.75) is 25.4 Å². The van der Waals surface area contributed by atoms with Gasteiger partial charge in [-0.1, -0.05) is 6.07 Å². The Morgan fingerprint density at radius 3 is 3.06 bits per heavy atom. The van der Waals surface area contributed by atoms with Crippen LogP contribution in [0.5, 0.6) is 0 Å². The van der Waals surface area contributed by atoms with Gasteiger partial charge in [-0.15, -0.1) is 0 Å². The zero-order valence-electron chi connectivity index (χ0n) is 9.17. The summed E-state index contributed by atoms with van der Waals surface area (Å²) in [4.78, 5) is 14.6. The van der Waals surface area contributed by atoms with Gasteiger partial charge in [-0.25, -0.2) is 4.98 Å². The topological polar surface area (TPSA) is 54.0 Å². The first kappa shape index (κ1) is 12.4. The minimum absolute atomic E-state index is 0.0910. The number of hydrogen-bond donors (Lipinski definition) is 2. The number of carbonyl (C=O) groups is 1. The Balaban J connectivity index is 1.80. The highest BCUT2D eigenvalue weighted by Gasteiger charge is 2.19. The van der Waals surface area contributed by atoms with Crippen molar-refractivity contribution < 1.29 is 9.18 Å². The van der Waals surface area contributed by atoms with Crippen LogP contribution in [0, 0.1) is 5.95 Å². The molecule has 0 radical (unpaired) electrons. The van der Waals surface area contributed by atoms with Crippen molar-refractivity contribution in [3.63, 3.8) is 0 Å². The molecular formula is C11H13BrFN3O. The van der Waals surface area contributed by atoms with E-state index in [0.717, 1.165) is 6.42 Å². The van der Waals surface area contributed by atoms with Gasteiger partial charge in [0, 0.05) is 31.1 Å². The van der Waals surface area contributed by atoms with Crippen LogP contribution < -0.4 is 10.6 Å². The monoisotopic (exact) mass is 301 g/mol. The summed E-state index contributed by atoms with van der Waals surface area (Å²) >= 11 is 3.11. The molecule has 1 aromatic heterocycles. The molecule has 0 saturated carbocycles. The molecule has 1 amide bonds. The third kappa shape index (κ3) is 3.47. The second-order valence-corrected chi connectivity index (χ2v) is 4.83. The number of halogens is 2. The summed E-state index contributed by atoms with van der Waals surface area (Å²) in [7, 11) is 0. The van der Waals surface area contributed by atoms with E-state index in [2.05, 4.69) is 31.5 Å². The van der Waals surface area contributed by atoms with Crippen LogP contribution in [0.2, 0.25) is 0 Å². The quantitative estimate of drug-likeness (QED) is 0.826. The predicted molar refractivity (Wildman–Crippen MR) is 64.8 cm³/mol. The molecule has 1 aliphatic heterocycles. The molecule has 4 nitrogen and oxygen atoms in total. The Morgan fingerprint density at radius 1 is 1.59 bits per heavy atom. The molecule has 2 heterocycles. The number of amides is 1. The zero-order chi connectivity index (χ0) is 12.3. The first-order valence-corrected chi connectivity index (χ1v) is 6.25. The average Bonchev–Trinajstić information content (AvgIpc) is 2.68. The van der Waals surface area contributed by atoms with Gasteiger partial charge in [0.15, 0.2) is 0 Å². The maximum absolute atomic E-state index is 13.4. The molecule has 0 bridgehead atoms. The van der Waals surface area contributed by atoms with E-state index in [9.17, 15) is 9.18 Å². The highest BCUT2D eigenvalue weighted by Crippen LogP contribution is 2.11. The number of rotatable bonds is 4. The number of pyridine rings is 1. The largest absolute Gasteiger partial charge is 0.352 e. The van der Waals surface area contributed by atoms with Gasteiger partial charge in [0.25, 0.3) is 0 Å². The minimum atomic E-state index is -0.470. The van der Waals surface area contributed by atoms with Crippen LogP contribution in [0.25, 0.3) is 0 Å². The maximum Gasteiger partial charge on any atom is 0.220 e. The van der Waals surface area contributed by atoms with E-state index in [1.807, 2.05) is 0 Å². The molecule has 92 valence electrons. The Morgan fingerprint density at radius 2 is 2.41 bits per heavy atom. The van der Waals surface area contributed by atoms with Crippen LogP contribution in [0.15, 0.2) is 16.7 Å². The number of hydrogen-bond acceptors (Lipinski definition) is 3. The lowest BCUT2D eigenvalue weighted by molar-refractivity contribution is -0.119. The highest BCUT2D eigenvalue weighted by atomic mass is 79.9. The minimum Gasteiger partial charge on any atom is -0.352 e. The van der Waals surface area contributed by atoms with Crippen molar-refractivity contribution in [1.29, 1.82) is 0 Å².